The molecule has 0 aromatic carbocycles. The zero-order valence-corrected chi connectivity index (χ0v) is 11.3. The van der Waals surface area contributed by atoms with Gasteiger partial charge < -0.3 is 10.0 Å². The molecule has 5 nitrogen and oxygen atoms in total. The highest BCUT2D eigenvalue weighted by Crippen LogP contribution is 2.28. The summed E-state index contributed by atoms with van der Waals surface area (Å²) >= 11 is 3.27. The lowest BCUT2D eigenvalue weighted by Gasteiger charge is -2.21. The predicted molar refractivity (Wildman–Crippen MR) is 68.2 cm³/mol. The fourth-order valence-electron chi connectivity index (χ4n) is 1.75. The van der Waals surface area contributed by atoms with Gasteiger partial charge in [0.25, 0.3) is 5.91 Å². The molecule has 2 rings (SSSR count). The Bertz CT molecular complexity index is 474. The molecule has 0 radical (unpaired) electrons. The van der Waals surface area contributed by atoms with Crippen molar-refractivity contribution in [2.45, 2.75) is 25.3 Å². The average molecular weight is 313 g/mol. The van der Waals surface area contributed by atoms with Crippen LogP contribution in [-0.4, -0.2) is 39.5 Å². The predicted octanol–water partition coefficient (Wildman–Crippen LogP) is 1.92. The molecule has 0 aliphatic heterocycles. The molecule has 18 heavy (non-hydrogen) atoms. The molecule has 0 saturated heterocycles. The number of rotatable bonds is 5. The second-order valence-corrected chi connectivity index (χ2v) is 5.18. The maximum absolute atomic E-state index is 12.3. The molecular formula is C12H13BrN2O3. The summed E-state index contributed by atoms with van der Waals surface area (Å²) in [4.78, 5) is 28.5. The number of halogens is 1. The summed E-state index contributed by atoms with van der Waals surface area (Å²) in [7, 11) is 0. The number of carboxylic acids is 1. The van der Waals surface area contributed by atoms with E-state index in [4.69, 9.17) is 5.11 Å². The van der Waals surface area contributed by atoms with Crippen molar-refractivity contribution in [1.29, 1.82) is 0 Å². The minimum absolute atomic E-state index is 0.0241. The molecular weight excluding hydrogens is 300 g/mol. The van der Waals surface area contributed by atoms with Crippen molar-refractivity contribution >= 4 is 27.8 Å². The van der Waals surface area contributed by atoms with Crippen LogP contribution in [0.2, 0.25) is 0 Å². The summed E-state index contributed by atoms with van der Waals surface area (Å²) in [5.41, 5.74) is 0.488. The average Bonchev–Trinajstić information content (AvgIpc) is 3.13. The van der Waals surface area contributed by atoms with Crippen LogP contribution in [0.25, 0.3) is 0 Å². The van der Waals surface area contributed by atoms with Gasteiger partial charge in [0.05, 0.1) is 12.0 Å². The fraction of sp³-hybridized carbons (Fsp3) is 0.417. The minimum atomic E-state index is -0.888. The van der Waals surface area contributed by atoms with Crippen LogP contribution >= 0.6 is 15.9 Å². The van der Waals surface area contributed by atoms with Crippen LogP contribution in [0.4, 0.5) is 0 Å². The lowest BCUT2D eigenvalue weighted by molar-refractivity contribution is -0.137. The molecule has 1 aromatic heterocycles. The topological polar surface area (TPSA) is 70.5 Å². The van der Waals surface area contributed by atoms with Crippen LogP contribution in [0.15, 0.2) is 22.9 Å². The number of nitrogens with zero attached hydrogens (tertiary/aromatic N) is 2. The zero-order valence-electron chi connectivity index (χ0n) is 9.67. The van der Waals surface area contributed by atoms with Gasteiger partial charge in [0.15, 0.2) is 0 Å². The maximum atomic E-state index is 12.3. The monoisotopic (exact) mass is 312 g/mol. The Hall–Kier alpha value is -1.43. The van der Waals surface area contributed by atoms with E-state index in [-0.39, 0.29) is 24.9 Å². The Morgan fingerprint density at radius 3 is 2.72 bits per heavy atom. The van der Waals surface area contributed by atoms with Crippen molar-refractivity contribution < 1.29 is 14.7 Å². The number of hydrogen-bond acceptors (Lipinski definition) is 3. The first-order valence-corrected chi connectivity index (χ1v) is 6.50. The van der Waals surface area contributed by atoms with Crippen molar-refractivity contribution in [2.24, 2.45) is 0 Å². The maximum Gasteiger partial charge on any atom is 0.305 e. The highest BCUT2D eigenvalue weighted by atomic mass is 79.9. The van der Waals surface area contributed by atoms with E-state index in [9.17, 15) is 9.59 Å². The molecule has 1 fully saturated rings. The van der Waals surface area contributed by atoms with Gasteiger partial charge in [-0.15, -0.1) is 0 Å². The van der Waals surface area contributed by atoms with Gasteiger partial charge in [0.1, 0.15) is 0 Å². The minimum Gasteiger partial charge on any atom is -0.481 e. The van der Waals surface area contributed by atoms with Gasteiger partial charge in [0, 0.05) is 29.5 Å². The summed E-state index contributed by atoms with van der Waals surface area (Å²) < 4.78 is 0.738. The number of carbonyl (C=O) groups is 2. The Kier molecular flexibility index (Phi) is 3.96. The first-order valence-electron chi connectivity index (χ1n) is 5.71. The van der Waals surface area contributed by atoms with Gasteiger partial charge in [-0.05, 0) is 34.8 Å². The summed E-state index contributed by atoms with van der Waals surface area (Å²) in [6.45, 7) is 0.255. The van der Waals surface area contributed by atoms with E-state index in [0.29, 0.717) is 5.56 Å². The standard InChI is InChI=1S/C12H13BrN2O3/c13-9-5-8(6-14-7-9)12(18)15(10-1-2-10)4-3-11(16)17/h5-7,10H,1-4H2,(H,16,17). The van der Waals surface area contributed by atoms with E-state index in [0.717, 1.165) is 17.3 Å². The molecule has 0 bridgehead atoms. The summed E-state index contributed by atoms with van der Waals surface area (Å²) in [5.74, 6) is -1.03. The van der Waals surface area contributed by atoms with E-state index in [2.05, 4.69) is 20.9 Å². The van der Waals surface area contributed by atoms with E-state index >= 15 is 0 Å². The number of hydrogen-bond donors (Lipinski definition) is 1. The van der Waals surface area contributed by atoms with Gasteiger partial charge >= 0.3 is 5.97 Å². The third kappa shape index (κ3) is 3.29. The normalized spacial score (nSPS) is 14.3. The highest BCUT2D eigenvalue weighted by Gasteiger charge is 2.33. The fourth-order valence-corrected chi connectivity index (χ4v) is 2.11. The molecule has 0 unspecified atom stereocenters. The lowest BCUT2D eigenvalue weighted by atomic mass is 10.2. The molecule has 1 aliphatic rings. The zero-order chi connectivity index (χ0) is 13.1. The summed E-state index contributed by atoms with van der Waals surface area (Å²) in [5, 5.41) is 8.70. The second-order valence-electron chi connectivity index (χ2n) is 4.27. The van der Waals surface area contributed by atoms with Crippen LogP contribution in [0.3, 0.4) is 0 Å². The van der Waals surface area contributed by atoms with Crippen molar-refractivity contribution in [1.82, 2.24) is 9.88 Å². The quantitative estimate of drug-likeness (QED) is 0.901. The van der Waals surface area contributed by atoms with Crippen LogP contribution in [0.1, 0.15) is 29.6 Å². The summed E-state index contributed by atoms with van der Waals surface area (Å²) in [6, 6.07) is 1.89. The Morgan fingerprint density at radius 2 is 2.17 bits per heavy atom. The number of carboxylic acid groups (broad SMARTS) is 1. The van der Waals surface area contributed by atoms with Crippen molar-refractivity contribution in [2.75, 3.05) is 6.54 Å². The highest BCUT2D eigenvalue weighted by molar-refractivity contribution is 9.10. The molecule has 0 atom stereocenters. The molecule has 1 aromatic rings. The van der Waals surface area contributed by atoms with E-state index in [1.165, 1.54) is 6.20 Å². The molecule has 1 heterocycles. The molecule has 1 saturated carbocycles. The van der Waals surface area contributed by atoms with Gasteiger partial charge in [-0.1, -0.05) is 0 Å². The molecule has 1 aliphatic carbocycles. The van der Waals surface area contributed by atoms with Crippen LogP contribution < -0.4 is 0 Å². The lowest BCUT2D eigenvalue weighted by Crippen LogP contribution is -2.35. The van der Waals surface area contributed by atoms with E-state index < -0.39 is 5.97 Å². The molecule has 1 amide bonds. The molecule has 0 spiro atoms. The number of pyridine rings is 1. The Morgan fingerprint density at radius 1 is 1.44 bits per heavy atom. The Balaban J connectivity index is 2.10. The van der Waals surface area contributed by atoms with Crippen LogP contribution in [0.5, 0.6) is 0 Å². The largest absolute Gasteiger partial charge is 0.481 e. The summed E-state index contributed by atoms with van der Waals surface area (Å²) in [6.07, 6.45) is 4.99. The van der Waals surface area contributed by atoms with Crippen molar-refractivity contribution in [3.63, 3.8) is 0 Å². The first kappa shape index (κ1) is 13.0. The Labute approximate surface area is 113 Å². The number of carbonyl (C=O) groups excluding carboxylic acids is 1. The third-order valence-electron chi connectivity index (χ3n) is 2.77. The number of aliphatic carboxylic acids is 1. The first-order chi connectivity index (χ1) is 8.58. The third-order valence-corrected chi connectivity index (χ3v) is 3.20. The van der Waals surface area contributed by atoms with Crippen molar-refractivity contribution in [3.8, 4) is 0 Å². The smallest absolute Gasteiger partial charge is 0.305 e. The second kappa shape index (κ2) is 5.48. The van der Waals surface area contributed by atoms with E-state index in [1.807, 2.05) is 0 Å². The van der Waals surface area contributed by atoms with Crippen LogP contribution in [0, 0.1) is 0 Å². The van der Waals surface area contributed by atoms with Gasteiger partial charge in [-0.2, -0.15) is 0 Å². The SMILES string of the molecule is O=C(O)CCN(C(=O)c1cncc(Br)c1)C1CC1. The van der Waals surface area contributed by atoms with E-state index in [1.54, 1.807) is 17.2 Å². The van der Waals surface area contributed by atoms with Gasteiger partial charge in [-0.25, -0.2) is 0 Å². The van der Waals surface area contributed by atoms with Crippen molar-refractivity contribution in [3.05, 3.63) is 28.5 Å². The number of amides is 1. The molecule has 96 valence electrons. The van der Waals surface area contributed by atoms with Crippen LogP contribution in [-0.2, 0) is 4.79 Å². The molecule has 1 N–H and O–H groups in total. The van der Waals surface area contributed by atoms with Gasteiger partial charge in [0.2, 0.25) is 0 Å². The van der Waals surface area contributed by atoms with Gasteiger partial charge in [-0.3, -0.25) is 14.6 Å². The molecule has 6 heteroatoms. The number of aromatic nitrogens is 1.